The lowest BCUT2D eigenvalue weighted by Gasteiger charge is -2.12. The molecule has 0 radical (unpaired) electrons. The quantitative estimate of drug-likeness (QED) is 0.596. The van der Waals surface area contributed by atoms with Gasteiger partial charge in [0.15, 0.2) is 27.9 Å². The van der Waals surface area contributed by atoms with Gasteiger partial charge in [-0.15, -0.1) is 0 Å². The van der Waals surface area contributed by atoms with Crippen molar-refractivity contribution in [3.63, 3.8) is 0 Å². The molecule has 1 saturated heterocycles. The predicted octanol–water partition coefficient (Wildman–Crippen LogP) is 2.80. The van der Waals surface area contributed by atoms with Crippen molar-refractivity contribution in [3.05, 3.63) is 42.7 Å². The molecule has 1 N–H and O–H groups in total. The summed E-state index contributed by atoms with van der Waals surface area (Å²) in [4.78, 5) is 12.1. The third kappa shape index (κ3) is 4.61. The number of carbonyl (C=O) groups excluding carboxylic acids is 1. The highest BCUT2D eigenvalue weighted by atomic mass is 32.2. The number of fused-ring (bicyclic) bond motifs is 1. The number of hydrogen-bond acceptors (Lipinski definition) is 7. The van der Waals surface area contributed by atoms with Gasteiger partial charge in [-0.2, -0.15) is 0 Å². The maximum absolute atomic E-state index is 12.1. The summed E-state index contributed by atoms with van der Waals surface area (Å²) in [5.41, 5.74) is 2.41. The molecule has 1 atom stereocenters. The first-order valence-corrected chi connectivity index (χ1v) is 11.6. The Bertz CT molecular complexity index is 1220. The number of furan rings is 1. The van der Waals surface area contributed by atoms with Gasteiger partial charge in [-0.05, 0) is 42.3 Å². The molecule has 1 aliphatic heterocycles. The molecule has 2 heterocycles. The van der Waals surface area contributed by atoms with Gasteiger partial charge in [-0.3, -0.25) is 4.79 Å². The Morgan fingerprint density at radius 1 is 1.13 bits per heavy atom. The van der Waals surface area contributed by atoms with Crippen molar-refractivity contribution >= 4 is 26.7 Å². The standard InChI is InChI=1S/C22H23NO7S/c1-27-20-5-3-14(9-21(20)28-2)18-11-30-19-6-4-16(10-17(18)19)29-12-22(24)23-15-7-8-31(25,26)13-15/h3-6,9-11,15H,7-8,12-13H2,1-2H3,(H,23,24)/t15-/m1/s1. The van der Waals surface area contributed by atoms with Crippen LogP contribution in [-0.4, -0.2) is 52.7 Å². The summed E-state index contributed by atoms with van der Waals surface area (Å²) in [5.74, 6) is 1.47. The second kappa shape index (κ2) is 8.50. The van der Waals surface area contributed by atoms with Crippen LogP contribution >= 0.6 is 0 Å². The number of hydrogen-bond donors (Lipinski definition) is 1. The summed E-state index contributed by atoms with van der Waals surface area (Å²) in [7, 11) is 0.106. The Morgan fingerprint density at radius 2 is 1.94 bits per heavy atom. The van der Waals surface area contributed by atoms with E-state index in [1.807, 2.05) is 18.2 Å². The number of methoxy groups -OCH3 is 2. The number of amides is 1. The van der Waals surface area contributed by atoms with Gasteiger partial charge in [0.05, 0.1) is 32.0 Å². The van der Waals surface area contributed by atoms with Crippen LogP contribution in [0.2, 0.25) is 0 Å². The molecule has 31 heavy (non-hydrogen) atoms. The van der Waals surface area contributed by atoms with Crippen LogP contribution in [0.4, 0.5) is 0 Å². The van der Waals surface area contributed by atoms with E-state index in [9.17, 15) is 13.2 Å². The van der Waals surface area contributed by atoms with Crippen molar-refractivity contribution in [1.29, 1.82) is 0 Å². The average molecular weight is 445 g/mol. The Labute approximate surface area is 180 Å². The molecule has 1 fully saturated rings. The summed E-state index contributed by atoms with van der Waals surface area (Å²) in [6, 6.07) is 10.5. The smallest absolute Gasteiger partial charge is 0.258 e. The van der Waals surface area contributed by atoms with Crippen molar-refractivity contribution in [1.82, 2.24) is 5.32 Å². The summed E-state index contributed by atoms with van der Waals surface area (Å²) < 4.78 is 45.0. The lowest BCUT2D eigenvalue weighted by Crippen LogP contribution is -2.38. The number of benzene rings is 2. The van der Waals surface area contributed by atoms with E-state index in [0.717, 1.165) is 16.5 Å². The molecule has 164 valence electrons. The molecule has 1 aromatic heterocycles. The molecule has 0 spiro atoms. The van der Waals surface area contributed by atoms with Crippen LogP contribution < -0.4 is 19.5 Å². The van der Waals surface area contributed by atoms with Gasteiger partial charge in [0, 0.05) is 17.0 Å². The minimum absolute atomic E-state index is 0.0194. The Morgan fingerprint density at radius 3 is 2.65 bits per heavy atom. The molecule has 1 aliphatic rings. The number of ether oxygens (including phenoxy) is 3. The molecule has 9 heteroatoms. The second-order valence-electron chi connectivity index (χ2n) is 7.33. The van der Waals surface area contributed by atoms with Crippen molar-refractivity contribution < 1.29 is 31.8 Å². The highest BCUT2D eigenvalue weighted by Crippen LogP contribution is 2.37. The van der Waals surface area contributed by atoms with Gasteiger partial charge >= 0.3 is 0 Å². The normalized spacial score (nSPS) is 17.4. The van der Waals surface area contributed by atoms with Gasteiger partial charge < -0.3 is 23.9 Å². The van der Waals surface area contributed by atoms with Crippen LogP contribution in [0.25, 0.3) is 22.1 Å². The number of sulfone groups is 1. The first-order chi connectivity index (χ1) is 14.9. The first-order valence-electron chi connectivity index (χ1n) is 9.75. The summed E-state index contributed by atoms with van der Waals surface area (Å²) >= 11 is 0. The van der Waals surface area contributed by atoms with Crippen molar-refractivity contribution in [2.45, 2.75) is 12.5 Å². The van der Waals surface area contributed by atoms with Crippen molar-refractivity contribution in [3.8, 4) is 28.4 Å². The highest BCUT2D eigenvalue weighted by Gasteiger charge is 2.28. The van der Waals surface area contributed by atoms with Gasteiger partial charge in [0.2, 0.25) is 0 Å². The molecule has 2 aromatic carbocycles. The number of rotatable bonds is 7. The summed E-state index contributed by atoms with van der Waals surface area (Å²) in [5, 5.41) is 3.54. The fourth-order valence-electron chi connectivity index (χ4n) is 3.65. The van der Waals surface area contributed by atoms with Crippen molar-refractivity contribution in [2.24, 2.45) is 0 Å². The van der Waals surface area contributed by atoms with Gasteiger partial charge in [0.1, 0.15) is 11.3 Å². The lowest BCUT2D eigenvalue weighted by molar-refractivity contribution is -0.123. The molecule has 0 aliphatic carbocycles. The molecule has 0 saturated carbocycles. The van der Waals surface area contributed by atoms with Gasteiger partial charge in [-0.25, -0.2) is 8.42 Å². The Hall–Kier alpha value is -3.20. The van der Waals surface area contributed by atoms with E-state index in [-0.39, 0.29) is 30.1 Å². The van der Waals surface area contributed by atoms with E-state index < -0.39 is 9.84 Å². The van der Waals surface area contributed by atoms with E-state index in [4.69, 9.17) is 18.6 Å². The monoisotopic (exact) mass is 445 g/mol. The largest absolute Gasteiger partial charge is 0.493 e. The van der Waals surface area contributed by atoms with Crippen LogP contribution in [0.15, 0.2) is 47.1 Å². The van der Waals surface area contributed by atoms with E-state index in [1.165, 1.54) is 0 Å². The fraction of sp³-hybridized carbons (Fsp3) is 0.318. The highest BCUT2D eigenvalue weighted by molar-refractivity contribution is 7.91. The molecule has 3 aromatic rings. The van der Waals surface area contributed by atoms with E-state index in [1.54, 1.807) is 38.7 Å². The zero-order valence-electron chi connectivity index (χ0n) is 17.2. The summed E-state index contributed by atoms with van der Waals surface area (Å²) in [6.45, 7) is -0.203. The molecule has 0 bridgehead atoms. The minimum Gasteiger partial charge on any atom is -0.493 e. The van der Waals surface area contributed by atoms with Crippen LogP contribution in [0, 0.1) is 0 Å². The van der Waals surface area contributed by atoms with Crippen LogP contribution in [0.5, 0.6) is 17.2 Å². The van der Waals surface area contributed by atoms with Gasteiger partial charge in [-0.1, -0.05) is 6.07 Å². The van der Waals surface area contributed by atoms with Crippen molar-refractivity contribution in [2.75, 3.05) is 32.3 Å². The third-order valence-corrected chi connectivity index (χ3v) is 6.97. The summed E-state index contributed by atoms with van der Waals surface area (Å²) in [6.07, 6.45) is 2.09. The molecule has 0 unspecified atom stereocenters. The maximum atomic E-state index is 12.1. The van der Waals surface area contributed by atoms with E-state index in [0.29, 0.717) is 29.3 Å². The predicted molar refractivity (Wildman–Crippen MR) is 115 cm³/mol. The topological polar surface area (TPSA) is 104 Å². The molecule has 4 rings (SSSR count). The molecular formula is C22H23NO7S. The average Bonchev–Trinajstić information content (AvgIpc) is 3.33. The molecular weight excluding hydrogens is 422 g/mol. The van der Waals surface area contributed by atoms with Crippen LogP contribution in [0.3, 0.4) is 0 Å². The third-order valence-electron chi connectivity index (χ3n) is 5.21. The molecule has 8 nitrogen and oxygen atoms in total. The second-order valence-corrected chi connectivity index (χ2v) is 9.56. The lowest BCUT2D eigenvalue weighted by atomic mass is 10.0. The zero-order valence-corrected chi connectivity index (χ0v) is 18.0. The number of nitrogens with one attached hydrogen (secondary N) is 1. The number of carbonyl (C=O) groups is 1. The van der Waals surface area contributed by atoms with E-state index in [2.05, 4.69) is 5.32 Å². The van der Waals surface area contributed by atoms with E-state index >= 15 is 0 Å². The minimum atomic E-state index is -3.05. The van der Waals surface area contributed by atoms with Crippen LogP contribution in [-0.2, 0) is 14.6 Å². The fourth-order valence-corrected chi connectivity index (χ4v) is 5.33. The molecule has 1 amide bonds. The Balaban J connectivity index is 1.49. The van der Waals surface area contributed by atoms with Crippen LogP contribution in [0.1, 0.15) is 6.42 Å². The Kier molecular flexibility index (Phi) is 5.77. The zero-order chi connectivity index (χ0) is 22.0. The SMILES string of the molecule is COc1ccc(-c2coc3ccc(OCC(=O)N[C@@H]4CCS(=O)(=O)C4)cc23)cc1OC. The van der Waals surface area contributed by atoms with Gasteiger partial charge in [0.25, 0.3) is 5.91 Å². The first kappa shape index (κ1) is 21.0. The maximum Gasteiger partial charge on any atom is 0.258 e.